The summed E-state index contributed by atoms with van der Waals surface area (Å²) in [6, 6.07) is 0. The van der Waals surface area contributed by atoms with Gasteiger partial charge in [0.2, 0.25) is 5.91 Å². The summed E-state index contributed by atoms with van der Waals surface area (Å²) in [7, 11) is 1.85. The number of carbonyl (C=O) groups is 1. The van der Waals surface area contributed by atoms with E-state index in [9.17, 15) is 4.79 Å². The normalized spacial score (nSPS) is 10.9. The topological polar surface area (TPSA) is 59.2 Å². The minimum atomic E-state index is 0.150. The number of amides is 1. The molecule has 21 heavy (non-hydrogen) atoms. The van der Waals surface area contributed by atoms with E-state index in [0.717, 1.165) is 35.7 Å². The van der Waals surface area contributed by atoms with Crippen LogP contribution in [0.3, 0.4) is 0 Å². The summed E-state index contributed by atoms with van der Waals surface area (Å²) < 4.78 is 5.12. The first-order valence-corrected chi connectivity index (χ1v) is 7.91. The van der Waals surface area contributed by atoms with Gasteiger partial charge in [-0.3, -0.25) is 4.79 Å². The van der Waals surface area contributed by atoms with Crippen LogP contribution >= 0.6 is 11.3 Å². The summed E-state index contributed by atoms with van der Waals surface area (Å²) in [5.74, 6) is 0.959. The Morgan fingerprint density at radius 2 is 2.05 bits per heavy atom. The Hall–Kier alpha value is -1.69. The molecule has 0 spiro atoms. The zero-order chi connectivity index (χ0) is 15.4. The van der Waals surface area contributed by atoms with Crippen molar-refractivity contribution in [2.75, 3.05) is 13.6 Å². The lowest BCUT2D eigenvalue weighted by Crippen LogP contribution is -2.29. The molecule has 0 aliphatic carbocycles. The zero-order valence-corrected chi connectivity index (χ0v) is 13.8. The molecule has 114 valence electrons. The molecule has 1 amide bonds. The molecule has 0 saturated heterocycles. The average molecular weight is 307 g/mol. The van der Waals surface area contributed by atoms with Gasteiger partial charge in [0.15, 0.2) is 0 Å². The Morgan fingerprint density at radius 1 is 1.29 bits per heavy atom. The van der Waals surface area contributed by atoms with Gasteiger partial charge in [-0.25, -0.2) is 4.98 Å². The van der Waals surface area contributed by atoms with E-state index in [1.807, 2.05) is 33.3 Å². The number of carbonyl (C=O) groups excluding carboxylic acids is 1. The van der Waals surface area contributed by atoms with E-state index in [1.54, 1.807) is 16.2 Å². The fourth-order valence-corrected chi connectivity index (χ4v) is 3.01. The van der Waals surface area contributed by atoms with Gasteiger partial charge in [0, 0.05) is 36.9 Å². The standard InChI is InChI=1S/C15H21N3O2S/c1-10-13(12(3)20-17-10)5-6-15(19)18(4)8-7-14-11(2)16-9-21-14/h9H,5-8H2,1-4H3. The number of nitrogens with zero attached hydrogens (tertiary/aromatic N) is 3. The molecule has 0 bridgehead atoms. The highest BCUT2D eigenvalue weighted by molar-refractivity contribution is 7.09. The molecule has 0 unspecified atom stereocenters. The van der Waals surface area contributed by atoms with Gasteiger partial charge in [0.25, 0.3) is 0 Å². The summed E-state index contributed by atoms with van der Waals surface area (Å²) in [5.41, 5.74) is 4.85. The van der Waals surface area contributed by atoms with Crippen LogP contribution in [0.4, 0.5) is 0 Å². The van der Waals surface area contributed by atoms with Crippen molar-refractivity contribution in [1.82, 2.24) is 15.0 Å². The van der Waals surface area contributed by atoms with Crippen LogP contribution < -0.4 is 0 Å². The maximum absolute atomic E-state index is 12.2. The van der Waals surface area contributed by atoms with Crippen LogP contribution in [0.15, 0.2) is 10.0 Å². The molecule has 2 heterocycles. The third kappa shape index (κ3) is 3.91. The third-order valence-electron chi connectivity index (χ3n) is 3.71. The Bertz CT molecular complexity index is 599. The molecule has 0 radical (unpaired) electrons. The van der Waals surface area contributed by atoms with Crippen molar-refractivity contribution in [1.29, 1.82) is 0 Å². The van der Waals surface area contributed by atoms with Crippen molar-refractivity contribution in [3.8, 4) is 0 Å². The highest BCUT2D eigenvalue weighted by atomic mass is 32.1. The molecule has 0 atom stereocenters. The second kappa shape index (κ2) is 6.85. The fourth-order valence-electron chi connectivity index (χ4n) is 2.24. The number of hydrogen-bond acceptors (Lipinski definition) is 5. The van der Waals surface area contributed by atoms with Gasteiger partial charge in [0.1, 0.15) is 5.76 Å². The summed E-state index contributed by atoms with van der Waals surface area (Å²) in [4.78, 5) is 19.4. The predicted octanol–water partition coefficient (Wildman–Crippen LogP) is 2.69. The SMILES string of the molecule is Cc1ncsc1CCN(C)C(=O)CCc1c(C)noc1C. The van der Waals surface area contributed by atoms with Crippen LogP contribution in [0.25, 0.3) is 0 Å². The molecule has 0 N–H and O–H groups in total. The van der Waals surface area contributed by atoms with E-state index in [2.05, 4.69) is 10.1 Å². The van der Waals surface area contributed by atoms with Gasteiger partial charge in [-0.05, 0) is 27.2 Å². The molecule has 5 nitrogen and oxygen atoms in total. The Balaban J connectivity index is 1.81. The first kappa shape index (κ1) is 15.7. The molecule has 0 saturated carbocycles. The summed E-state index contributed by atoms with van der Waals surface area (Å²) in [5, 5.41) is 3.91. The summed E-state index contributed by atoms with van der Waals surface area (Å²) in [6.45, 7) is 6.53. The largest absolute Gasteiger partial charge is 0.361 e. The number of aromatic nitrogens is 2. The molecule has 2 aromatic rings. The van der Waals surface area contributed by atoms with E-state index in [-0.39, 0.29) is 5.91 Å². The average Bonchev–Trinajstić information content (AvgIpc) is 3.00. The van der Waals surface area contributed by atoms with E-state index < -0.39 is 0 Å². The van der Waals surface area contributed by atoms with E-state index in [1.165, 1.54) is 4.88 Å². The predicted molar refractivity (Wildman–Crippen MR) is 82.5 cm³/mol. The molecule has 0 aliphatic rings. The lowest BCUT2D eigenvalue weighted by atomic mass is 10.1. The van der Waals surface area contributed by atoms with E-state index >= 15 is 0 Å². The van der Waals surface area contributed by atoms with Gasteiger partial charge in [-0.15, -0.1) is 11.3 Å². The molecule has 0 aromatic carbocycles. The van der Waals surface area contributed by atoms with Crippen molar-refractivity contribution in [3.05, 3.63) is 33.1 Å². The van der Waals surface area contributed by atoms with Crippen LogP contribution in [0.1, 0.15) is 34.0 Å². The molecule has 0 fully saturated rings. The van der Waals surface area contributed by atoms with Crippen molar-refractivity contribution in [2.45, 2.75) is 40.0 Å². The Kier molecular flexibility index (Phi) is 5.12. The number of hydrogen-bond donors (Lipinski definition) is 0. The first-order chi connectivity index (χ1) is 9.99. The van der Waals surface area contributed by atoms with Crippen molar-refractivity contribution in [2.24, 2.45) is 0 Å². The van der Waals surface area contributed by atoms with Gasteiger partial charge in [-0.1, -0.05) is 5.16 Å². The van der Waals surface area contributed by atoms with Crippen LogP contribution in [-0.2, 0) is 17.6 Å². The van der Waals surface area contributed by atoms with Crippen molar-refractivity contribution >= 4 is 17.2 Å². The van der Waals surface area contributed by atoms with Crippen LogP contribution in [0, 0.1) is 20.8 Å². The molecule has 2 aromatic heterocycles. The van der Waals surface area contributed by atoms with Crippen LogP contribution in [0.5, 0.6) is 0 Å². The third-order valence-corrected chi connectivity index (χ3v) is 4.71. The maximum Gasteiger partial charge on any atom is 0.222 e. The quantitative estimate of drug-likeness (QED) is 0.823. The fraction of sp³-hybridized carbons (Fsp3) is 0.533. The number of rotatable bonds is 6. The van der Waals surface area contributed by atoms with E-state index in [0.29, 0.717) is 12.8 Å². The van der Waals surface area contributed by atoms with Crippen LogP contribution in [-0.4, -0.2) is 34.5 Å². The Labute approximate surface area is 129 Å². The number of aryl methyl sites for hydroxylation is 3. The van der Waals surface area contributed by atoms with Crippen molar-refractivity contribution in [3.63, 3.8) is 0 Å². The van der Waals surface area contributed by atoms with Crippen molar-refractivity contribution < 1.29 is 9.32 Å². The van der Waals surface area contributed by atoms with Gasteiger partial charge in [0.05, 0.1) is 16.9 Å². The second-order valence-electron chi connectivity index (χ2n) is 5.23. The highest BCUT2D eigenvalue weighted by Gasteiger charge is 2.14. The molecular weight excluding hydrogens is 286 g/mol. The smallest absolute Gasteiger partial charge is 0.222 e. The first-order valence-electron chi connectivity index (χ1n) is 7.03. The summed E-state index contributed by atoms with van der Waals surface area (Å²) in [6.07, 6.45) is 2.04. The van der Waals surface area contributed by atoms with Gasteiger partial charge >= 0.3 is 0 Å². The molecule has 0 aliphatic heterocycles. The number of thiazole rings is 1. The number of likely N-dealkylation sites (N-methyl/N-ethyl adjacent to an activating group) is 1. The summed E-state index contributed by atoms with van der Waals surface area (Å²) >= 11 is 1.65. The minimum Gasteiger partial charge on any atom is -0.361 e. The maximum atomic E-state index is 12.2. The monoisotopic (exact) mass is 307 g/mol. The highest BCUT2D eigenvalue weighted by Crippen LogP contribution is 2.16. The van der Waals surface area contributed by atoms with E-state index in [4.69, 9.17) is 4.52 Å². The lowest BCUT2D eigenvalue weighted by Gasteiger charge is -2.16. The molecule has 6 heteroatoms. The van der Waals surface area contributed by atoms with Gasteiger partial charge < -0.3 is 9.42 Å². The zero-order valence-electron chi connectivity index (χ0n) is 13.0. The molecular formula is C15H21N3O2S. The van der Waals surface area contributed by atoms with Gasteiger partial charge in [-0.2, -0.15) is 0 Å². The lowest BCUT2D eigenvalue weighted by molar-refractivity contribution is -0.129. The minimum absolute atomic E-state index is 0.150. The van der Waals surface area contributed by atoms with Crippen LogP contribution in [0.2, 0.25) is 0 Å². The Morgan fingerprint density at radius 3 is 2.62 bits per heavy atom. The molecule has 2 rings (SSSR count). The second-order valence-corrected chi connectivity index (χ2v) is 6.17.